The molecule has 0 aliphatic rings. The monoisotopic (exact) mass is 263 g/mol. The Labute approximate surface area is 88.7 Å². The topological polar surface area (TPSA) is 87.4 Å². The fourth-order valence-electron chi connectivity index (χ4n) is 0.924. The van der Waals surface area contributed by atoms with Crippen molar-refractivity contribution >= 4 is 22.0 Å². The number of carbonyl (C=O) groups is 1. The molecule has 6 nitrogen and oxygen atoms in total. The smallest absolute Gasteiger partial charge is 0.404 e. The molecule has 0 fully saturated rings. The lowest BCUT2D eigenvalue weighted by atomic mass is 10.3. The number of aliphatic hydroxyl groups excluding tert-OH is 1. The highest BCUT2D eigenvalue weighted by Gasteiger charge is 2.07. The van der Waals surface area contributed by atoms with Gasteiger partial charge < -0.3 is 15.5 Å². The van der Waals surface area contributed by atoms with E-state index in [4.69, 9.17) is 5.11 Å². The molecule has 0 aromatic carbocycles. The summed E-state index contributed by atoms with van der Waals surface area (Å²) in [5.41, 5.74) is 0. The molecule has 78 valence electrons. The summed E-state index contributed by atoms with van der Waals surface area (Å²) in [6.45, 7) is 0.249. The van der Waals surface area contributed by atoms with Gasteiger partial charge in [-0.3, -0.25) is 4.68 Å². The Morgan fingerprint density at radius 2 is 2.50 bits per heavy atom. The SMILES string of the molecule is O=C(O)NCC(O)Cn1cc(Br)cn1. The second-order valence-electron chi connectivity index (χ2n) is 2.72. The summed E-state index contributed by atoms with van der Waals surface area (Å²) in [7, 11) is 0. The van der Waals surface area contributed by atoms with Gasteiger partial charge in [0.05, 0.1) is 23.3 Å². The van der Waals surface area contributed by atoms with E-state index in [1.54, 1.807) is 12.4 Å². The molecule has 1 rings (SSSR count). The van der Waals surface area contributed by atoms with E-state index in [2.05, 4.69) is 26.3 Å². The second-order valence-corrected chi connectivity index (χ2v) is 3.64. The summed E-state index contributed by atoms with van der Waals surface area (Å²) in [4.78, 5) is 10.1. The minimum atomic E-state index is -1.15. The molecule has 0 radical (unpaired) electrons. The third-order valence-corrected chi connectivity index (χ3v) is 1.90. The van der Waals surface area contributed by atoms with Crippen LogP contribution in [0.3, 0.4) is 0 Å². The molecule has 3 N–H and O–H groups in total. The first-order valence-electron chi connectivity index (χ1n) is 3.90. The summed E-state index contributed by atoms with van der Waals surface area (Å²) in [5.74, 6) is 0. The van der Waals surface area contributed by atoms with Gasteiger partial charge in [-0.15, -0.1) is 0 Å². The molecule has 1 aromatic heterocycles. The van der Waals surface area contributed by atoms with Gasteiger partial charge in [0.25, 0.3) is 0 Å². The number of nitrogens with one attached hydrogen (secondary N) is 1. The predicted octanol–water partition coefficient (Wildman–Crippen LogP) is 0.274. The third-order valence-electron chi connectivity index (χ3n) is 1.49. The van der Waals surface area contributed by atoms with E-state index in [1.807, 2.05) is 0 Å². The Morgan fingerprint density at radius 3 is 3.00 bits per heavy atom. The first-order chi connectivity index (χ1) is 6.58. The number of amides is 1. The summed E-state index contributed by atoms with van der Waals surface area (Å²) < 4.78 is 2.34. The van der Waals surface area contributed by atoms with Crippen LogP contribution in [0, 0.1) is 0 Å². The number of halogens is 1. The van der Waals surface area contributed by atoms with Gasteiger partial charge in [0.1, 0.15) is 0 Å². The Hall–Kier alpha value is -1.08. The van der Waals surface area contributed by atoms with E-state index >= 15 is 0 Å². The first-order valence-corrected chi connectivity index (χ1v) is 4.70. The van der Waals surface area contributed by atoms with Crippen LogP contribution in [0.1, 0.15) is 0 Å². The Balaban J connectivity index is 2.33. The summed E-state index contributed by atoms with van der Waals surface area (Å²) >= 11 is 3.21. The molecule has 0 spiro atoms. The van der Waals surface area contributed by atoms with Crippen LogP contribution >= 0.6 is 15.9 Å². The molecule has 0 saturated carbocycles. The van der Waals surface area contributed by atoms with E-state index in [1.165, 1.54) is 4.68 Å². The van der Waals surface area contributed by atoms with Crippen molar-refractivity contribution in [2.24, 2.45) is 0 Å². The highest BCUT2D eigenvalue weighted by molar-refractivity contribution is 9.10. The molecule has 0 aliphatic heterocycles. The molecule has 7 heteroatoms. The molecule has 1 amide bonds. The van der Waals surface area contributed by atoms with Crippen molar-refractivity contribution in [3.8, 4) is 0 Å². The van der Waals surface area contributed by atoms with Gasteiger partial charge in [-0.2, -0.15) is 5.10 Å². The van der Waals surface area contributed by atoms with Gasteiger partial charge in [-0.25, -0.2) is 4.79 Å². The Bertz CT molecular complexity index is 315. The van der Waals surface area contributed by atoms with Crippen LogP contribution in [0.4, 0.5) is 4.79 Å². The standard InChI is InChI=1S/C7H10BrN3O3/c8-5-1-10-11(3-5)4-6(12)2-9-7(13)14/h1,3,6,9,12H,2,4H2,(H,13,14). The van der Waals surface area contributed by atoms with Crippen molar-refractivity contribution in [2.45, 2.75) is 12.6 Å². The molecule has 1 aromatic rings. The van der Waals surface area contributed by atoms with Crippen LogP contribution in [-0.2, 0) is 6.54 Å². The number of hydrogen-bond donors (Lipinski definition) is 3. The van der Waals surface area contributed by atoms with Crippen molar-refractivity contribution in [1.82, 2.24) is 15.1 Å². The zero-order valence-corrected chi connectivity index (χ0v) is 8.81. The van der Waals surface area contributed by atoms with Crippen molar-refractivity contribution in [2.75, 3.05) is 6.54 Å². The second kappa shape index (κ2) is 4.97. The van der Waals surface area contributed by atoms with Gasteiger partial charge in [0.2, 0.25) is 0 Å². The van der Waals surface area contributed by atoms with Crippen LogP contribution in [0.5, 0.6) is 0 Å². The number of aliphatic hydroxyl groups is 1. The number of aromatic nitrogens is 2. The lowest BCUT2D eigenvalue weighted by molar-refractivity contribution is 0.139. The van der Waals surface area contributed by atoms with Crippen LogP contribution in [0.2, 0.25) is 0 Å². The van der Waals surface area contributed by atoms with Crippen LogP contribution in [0.25, 0.3) is 0 Å². The maximum absolute atomic E-state index is 10.1. The zero-order chi connectivity index (χ0) is 10.6. The van der Waals surface area contributed by atoms with Crippen molar-refractivity contribution in [3.05, 3.63) is 16.9 Å². The van der Waals surface area contributed by atoms with Crippen LogP contribution in [-0.4, -0.2) is 38.7 Å². The maximum atomic E-state index is 10.1. The number of hydrogen-bond acceptors (Lipinski definition) is 3. The molecule has 0 aliphatic carbocycles. The maximum Gasteiger partial charge on any atom is 0.404 e. The molecule has 0 bridgehead atoms. The lowest BCUT2D eigenvalue weighted by Gasteiger charge is -2.09. The number of rotatable bonds is 4. The Morgan fingerprint density at radius 1 is 1.79 bits per heavy atom. The average molecular weight is 264 g/mol. The largest absolute Gasteiger partial charge is 0.465 e. The molecule has 1 unspecified atom stereocenters. The summed E-state index contributed by atoms with van der Waals surface area (Å²) in [6, 6.07) is 0. The molecule has 14 heavy (non-hydrogen) atoms. The van der Waals surface area contributed by atoms with Gasteiger partial charge in [-0.1, -0.05) is 0 Å². The van der Waals surface area contributed by atoms with Gasteiger partial charge >= 0.3 is 6.09 Å². The quantitative estimate of drug-likeness (QED) is 0.728. The van der Waals surface area contributed by atoms with Gasteiger partial charge in [0, 0.05) is 12.7 Å². The van der Waals surface area contributed by atoms with E-state index in [-0.39, 0.29) is 13.1 Å². The van der Waals surface area contributed by atoms with Crippen molar-refractivity contribution < 1.29 is 15.0 Å². The molecule has 1 atom stereocenters. The predicted molar refractivity (Wildman–Crippen MR) is 52.0 cm³/mol. The molecule has 0 saturated heterocycles. The summed E-state index contributed by atoms with van der Waals surface area (Å²) in [6.07, 6.45) is 1.37. The zero-order valence-electron chi connectivity index (χ0n) is 7.22. The van der Waals surface area contributed by atoms with Crippen LogP contribution < -0.4 is 5.32 Å². The van der Waals surface area contributed by atoms with Crippen molar-refractivity contribution in [1.29, 1.82) is 0 Å². The first kappa shape index (κ1) is 11.0. The Kier molecular flexibility index (Phi) is 3.90. The van der Waals surface area contributed by atoms with Gasteiger partial charge in [0.15, 0.2) is 0 Å². The van der Waals surface area contributed by atoms with E-state index < -0.39 is 12.2 Å². The normalized spacial score (nSPS) is 12.4. The fraction of sp³-hybridized carbons (Fsp3) is 0.429. The minimum absolute atomic E-state index is 0.00713. The average Bonchev–Trinajstić information content (AvgIpc) is 2.48. The summed E-state index contributed by atoms with van der Waals surface area (Å²) in [5, 5.41) is 23.6. The van der Waals surface area contributed by atoms with E-state index in [9.17, 15) is 9.90 Å². The van der Waals surface area contributed by atoms with Gasteiger partial charge in [-0.05, 0) is 15.9 Å². The minimum Gasteiger partial charge on any atom is -0.465 e. The lowest BCUT2D eigenvalue weighted by Crippen LogP contribution is -2.33. The highest BCUT2D eigenvalue weighted by Crippen LogP contribution is 2.06. The van der Waals surface area contributed by atoms with Crippen LogP contribution in [0.15, 0.2) is 16.9 Å². The fourth-order valence-corrected chi connectivity index (χ4v) is 1.25. The van der Waals surface area contributed by atoms with E-state index in [0.717, 1.165) is 4.47 Å². The highest BCUT2D eigenvalue weighted by atomic mass is 79.9. The molecule has 1 heterocycles. The number of carboxylic acid groups (broad SMARTS) is 1. The van der Waals surface area contributed by atoms with E-state index in [0.29, 0.717) is 0 Å². The molecular formula is C7H10BrN3O3. The van der Waals surface area contributed by atoms with Crippen molar-refractivity contribution in [3.63, 3.8) is 0 Å². The third kappa shape index (κ3) is 3.75. The molecular weight excluding hydrogens is 254 g/mol. The number of nitrogens with zero attached hydrogens (tertiary/aromatic N) is 2.